The molecule has 0 saturated carbocycles. The quantitative estimate of drug-likeness (QED) is 0.684. The van der Waals surface area contributed by atoms with E-state index in [0.717, 1.165) is 5.52 Å². The molecular formula is C7H6BrN3O. The van der Waals surface area contributed by atoms with Crippen LogP contribution in [0.15, 0.2) is 21.5 Å². The van der Waals surface area contributed by atoms with Gasteiger partial charge < -0.3 is 0 Å². The first-order valence-corrected chi connectivity index (χ1v) is 4.19. The number of aromatic amines is 1. The van der Waals surface area contributed by atoms with Gasteiger partial charge in [0.05, 0.1) is 5.52 Å². The van der Waals surface area contributed by atoms with E-state index in [4.69, 9.17) is 0 Å². The van der Waals surface area contributed by atoms with Crippen LogP contribution in [0.1, 0.15) is 0 Å². The van der Waals surface area contributed by atoms with Gasteiger partial charge in [0, 0.05) is 7.05 Å². The van der Waals surface area contributed by atoms with Crippen molar-refractivity contribution in [3.05, 3.63) is 27.1 Å². The van der Waals surface area contributed by atoms with E-state index in [2.05, 4.69) is 26.0 Å². The number of rotatable bonds is 0. The van der Waals surface area contributed by atoms with E-state index in [1.54, 1.807) is 17.8 Å². The Hall–Kier alpha value is -1.10. The molecule has 12 heavy (non-hydrogen) atoms. The monoisotopic (exact) mass is 227 g/mol. The highest BCUT2D eigenvalue weighted by molar-refractivity contribution is 9.10. The van der Waals surface area contributed by atoms with E-state index < -0.39 is 0 Å². The van der Waals surface area contributed by atoms with Crippen molar-refractivity contribution in [1.29, 1.82) is 0 Å². The smallest absolute Gasteiger partial charge is 0.286 e. The second-order valence-electron chi connectivity index (χ2n) is 2.50. The first-order chi connectivity index (χ1) is 5.68. The lowest BCUT2D eigenvalue weighted by atomic mass is 10.4. The normalized spacial score (nSPS) is 10.8. The Morgan fingerprint density at radius 1 is 1.58 bits per heavy atom. The average molecular weight is 228 g/mol. The molecule has 62 valence electrons. The Morgan fingerprint density at radius 3 is 3.08 bits per heavy atom. The molecule has 0 amide bonds. The number of halogens is 1. The maximum absolute atomic E-state index is 11.2. The zero-order valence-electron chi connectivity index (χ0n) is 6.34. The van der Waals surface area contributed by atoms with Crippen LogP contribution in [0.3, 0.4) is 0 Å². The van der Waals surface area contributed by atoms with Gasteiger partial charge in [-0.05, 0) is 28.1 Å². The highest BCUT2D eigenvalue weighted by atomic mass is 79.9. The summed E-state index contributed by atoms with van der Waals surface area (Å²) in [7, 11) is 1.78. The Balaban J connectivity index is 3.00. The SMILES string of the molecule is Cn1[nH]c(=O)c2nc(Br)ccc21. The van der Waals surface area contributed by atoms with Gasteiger partial charge in [0.15, 0.2) is 5.52 Å². The van der Waals surface area contributed by atoms with Crippen LogP contribution >= 0.6 is 15.9 Å². The van der Waals surface area contributed by atoms with Crippen LogP contribution in [0.5, 0.6) is 0 Å². The molecule has 2 rings (SSSR count). The van der Waals surface area contributed by atoms with E-state index in [0.29, 0.717) is 10.1 Å². The van der Waals surface area contributed by atoms with Gasteiger partial charge >= 0.3 is 0 Å². The number of H-pyrrole nitrogens is 1. The Morgan fingerprint density at radius 2 is 2.33 bits per heavy atom. The van der Waals surface area contributed by atoms with Crippen molar-refractivity contribution in [3.8, 4) is 0 Å². The number of hydrogen-bond acceptors (Lipinski definition) is 2. The Labute approximate surface area is 76.3 Å². The molecule has 4 nitrogen and oxygen atoms in total. The van der Waals surface area contributed by atoms with Gasteiger partial charge in [0.25, 0.3) is 5.56 Å². The minimum absolute atomic E-state index is 0.159. The molecule has 0 atom stereocenters. The van der Waals surface area contributed by atoms with Gasteiger partial charge in [-0.25, -0.2) is 4.98 Å². The molecule has 0 bridgehead atoms. The summed E-state index contributed by atoms with van der Waals surface area (Å²) in [5.41, 5.74) is 1.11. The van der Waals surface area contributed by atoms with Crippen molar-refractivity contribution in [3.63, 3.8) is 0 Å². The topological polar surface area (TPSA) is 50.7 Å². The van der Waals surface area contributed by atoms with E-state index in [-0.39, 0.29) is 5.56 Å². The molecule has 0 fully saturated rings. The summed E-state index contributed by atoms with van der Waals surface area (Å²) in [6.07, 6.45) is 0. The lowest BCUT2D eigenvalue weighted by Crippen LogP contribution is -2.02. The lowest BCUT2D eigenvalue weighted by Gasteiger charge is -1.92. The molecule has 1 N–H and O–H groups in total. The average Bonchev–Trinajstić information content (AvgIpc) is 2.28. The number of hydrogen-bond donors (Lipinski definition) is 1. The molecule has 2 aromatic heterocycles. The molecule has 0 radical (unpaired) electrons. The first kappa shape index (κ1) is 7.54. The molecule has 0 spiro atoms. The van der Waals surface area contributed by atoms with E-state index in [1.807, 2.05) is 6.07 Å². The number of nitrogens with one attached hydrogen (secondary N) is 1. The summed E-state index contributed by atoms with van der Waals surface area (Å²) in [5.74, 6) is 0. The number of aryl methyl sites for hydroxylation is 1. The van der Waals surface area contributed by atoms with Crippen LogP contribution in [-0.4, -0.2) is 14.8 Å². The zero-order valence-corrected chi connectivity index (χ0v) is 7.92. The fourth-order valence-corrected chi connectivity index (χ4v) is 1.44. The number of fused-ring (bicyclic) bond motifs is 1. The van der Waals surface area contributed by atoms with Crippen LogP contribution < -0.4 is 5.56 Å². The van der Waals surface area contributed by atoms with Gasteiger partial charge in [0.1, 0.15) is 4.60 Å². The van der Waals surface area contributed by atoms with E-state index in [9.17, 15) is 4.79 Å². The molecule has 0 aromatic carbocycles. The van der Waals surface area contributed by atoms with E-state index in [1.165, 1.54) is 0 Å². The third-order valence-corrected chi connectivity index (χ3v) is 2.13. The minimum atomic E-state index is -0.159. The van der Waals surface area contributed by atoms with Gasteiger partial charge in [-0.2, -0.15) is 0 Å². The summed E-state index contributed by atoms with van der Waals surface area (Å²) in [4.78, 5) is 15.2. The highest BCUT2D eigenvalue weighted by Gasteiger charge is 2.04. The zero-order chi connectivity index (χ0) is 8.72. The Bertz CT molecular complexity index is 485. The summed E-state index contributed by atoms with van der Waals surface area (Å²) in [6.45, 7) is 0. The van der Waals surface area contributed by atoms with Gasteiger partial charge in [-0.3, -0.25) is 14.6 Å². The second-order valence-corrected chi connectivity index (χ2v) is 3.31. The summed E-state index contributed by atoms with van der Waals surface area (Å²) < 4.78 is 2.32. The number of pyridine rings is 1. The summed E-state index contributed by atoms with van der Waals surface area (Å²) >= 11 is 3.20. The van der Waals surface area contributed by atoms with Crippen molar-refractivity contribution in [2.75, 3.05) is 0 Å². The van der Waals surface area contributed by atoms with Crippen LogP contribution in [0.25, 0.3) is 11.0 Å². The molecule has 0 aliphatic rings. The molecule has 2 aromatic rings. The molecule has 0 unspecified atom stereocenters. The van der Waals surface area contributed by atoms with Crippen LogP contribution in [-0.2, 0) is 7.05 Å². The van der Waals surface area contributed by atoms with Gasteiger partial charge in [-0.15, -0.1) is 0 Å². The highest BCUT2D eigenvalue weighted by Crippen LogP contribution is 2.10. The van der Waals surface area contributed by atoms with Crippen molar-refractivity contribution in [2.24, 2.45) is 7.05 Å². The Kier molecular flexibility index (Phi) is 1.54. The maximum atomic E-state index is 11.2. The van der Waals surface area contributed by atoms with Crippen molar-refractivity contribution < 1.29 is 0 Å². The van der Waals surface area contributed by atoms with Crippen LogP contribution in [0.4, 0.5) is 0 Å². The fourth-order valence-electron chi connectivity index (χ4n) is 1.13. The lowest BCUT2D eigenvalue weighted by molar-refractivity contribution is 0.783. The van der Waals surface area contributed by atoms with Crippen LogP contribution in [0, 0.1) is 0 Å². The number of aromatic nitrogens is 3. The summed E-state index contributed by atoms with van der Waals surface area (Å²) in [6, 6.07) is 3.64. The molecule has 0 saturated heterocycles. The maximum Gasteiger partial charge on any atom is 0.290 e. The predicted molar refractivity (Wildman–Crippen MR) is 49.0 cm³/mol. The number of nitrogens with zero attached hydrogens (tertiary/aromatic N) is 2. The van der Waals surface area contributed by atoms with Crippen molar-refractivity contribution in [1.82, 2.24) is 14.8 Å². The van der Waals surface area contributed by atoms with Gasteiger partial charge in [0.2, 0.25) is 0 Å². The molecular weight excluding hydrogens is 222 g/mol. The molecule has 0 aliphatic carbocycles. The molecule has 2 heterocycles. The fraction of sp³-hybridized carbons (Fsp3) is 0.143. The standard InChI is InChI=1S/C7H6BrN3O/c1-11-4-2-3-5(8)9-6(4)7(12)10-11/h2-3H,1H3,(H,10,12). The largest absolute Gasteiger partial charge is 0.290 e. The molecule has 5 heteroatoms. The summed E-state index contributed by atoms with van der Waals surface area (Å²) in [5, 5.41) is 2.62. The molecule has 0 aliphatic heterocycles. The van der Waals surface area contributed by atoms with Crippen molar-refractivity contribution >= 4 is 27.0 Å². The second kappa shape index (κ2) is 2.45. The van der Waals surface area contributed by atoms with Crippen LogP contribution in [0.2, 0.25) is 0 Å². The third kappa shape index (κ3) is 0.972. The van der Waals surface area contributed by atoms with E-state index >= 15 is 0 Å². The van der Waals surface area contributed by atoms with Gasteiger partial charge in [-0.1, -0.05) is 0 Å². The third-order valence-electron chi connectivity index (χ3n) is 1.69. The van der Waals surface area contributed by atoms with Crippen molar-refractivity contribution in [2.45, 2.75) is 0 Å². The predicted octanol–water partition coefficient (Wildman–Crippen LogP) is 1.02. The minimum Gasteiger partial charge on any atom is -0.286 e. The first-order valence-electron chi connectivity index (χ1n) is 3.40.